The Hall–Kier alpha value is -1.42. The lowest BCUT2D eigenvalue weighted by Crippen LogP contribution is -2.06. The summed E-state index contributed by atoms with van der Waals surface area (Å²) in [5.74, 6) is 0.563. The molecule has 1 aromatic heterocycles. The summed E-state index contributed by atoms with van der Waals surface area (Å²) < 4.78 is 12.0. The molecule has 0 atom stereocenters. The fourth-order valence-corrected chi connectivity index (χ4v) is 1.57. The van der Waals surface area contributed by atoms with Crippen molar-refractivity contribution in [2.75, 3.05) is 18.5 Å². The standard InChI is InChI=1S/C10H9ClFN3/c11-9-7-3-1-2-4-8(7)10(15-14-9)13-6-5-12/h1-4H,5-6H2,(H,13,15). The highest BCUT2D eigenvalue weighted by Crippen LogP contribution is 2.25. The smallest absolute Gasteiger partial charge is 0.159 e. The van der Waals surface area contributed by atoms with Crippen LogP contribution in [0.3, 0.4) is 0 Å². The van der Waals surface area contributed by atoms with Crippen LogP contribution in [0.2, 0.25) is 5.15 Å². The van der Waals surface area contributed by atoms with Gasteiger partial charge in [0.05, 0.1) is 0 Å². The molecule has 1 N–H and O–H groups in total. The fraction of sp³-hybridized carbons (Fsp3) is 0.200. The summed E-state index contributed by atoms with van der Waals surface area (Å²) in [6.45, 7) is -0.223. The number of nitrogens with zero attached hydrogens (tertiary/aromatic N) is 2. The maximum absolute atomic E-state index is 12.0. The van der Waals surface area contributed by atoms with Gasteiger partial charge in [-0.15, -0.1) is 10.2 Å². The maximum Gasteiger partial charge on any atom is 0.159 e. The number of fused-ring (bicyclic) bond motifs is 1. The quantitative estimate of drug-likeness (QED) is 0.873. The summed E-state index contributed by atoms with van der Waals surface area (Å²) in [6.07, 6.45) is 0. The Morgan fingerprint density at radius 2 is 1.93 bits per heavy atom. The summed E-state index contributed by atoms with van der Waals surface area (Å²) in [6, 6.07) is 7.47. The van der Waals surface area contributed by atoms with Crippen molar-refractivity contribution in [3.05, 3.63) is 29.4 Å². The molecular formula is C10H9ClFN3. The molecule has 0 aliphatic rings. The number of hydrogen-bond acceptors (Lipinski definition) is 3. The van der Waals surface area contributed by atoms with Crippen molar-refractivity contribution in [2.45, 2.75) is 0 Å². The van der Waals surface area contributed by atoms with Crippen LogP contribution in [0.4, 0.5) is 10.2 Å². The average molecular weight is 226 g/mol. The second-order valence-electron chi connectivity index (χ2n) is 3.00. The number of rotatable bonds is 3. The van der Waals surface area contributed by atoms with E-state index in [1.165, 1.54) is 0 Å². The molecule has 0 saturated heterocycles. The van der Waals surface area contributed by atoms with Crippen LogP contribution in [0.1, 0.15) is 0 Å². The normalized spacial score (nSPS) is 10.5. The van der Waals surface area contributed by atoms with E-state index in [9.17, 15) is 4.39 Å². The van der Waals surface area contributed by atoms with Crippen LogP contribution in [0, 0.1) is 0 Å². The topological polar surface area (TPSA) is 37.8 Å². The molecule has 1 heterocycles. The lowest BCUT2D eigenvalue weighted by molar-refractivity contribution is 0.512. The Labute approximate surface area is 91.3 Å². The van der Waals surface area contributed by atoms with Crippen LogP contribution < -0.4 is 5.32 Å². The Bertz CT molecular complexity index is 475. The minimum atomic E-state index is -0.446. The van der Waals surface area contributed by atoms with Crippen LogP contribution in [0.15, 0.2) is 24.3 Å². The molecule has 5 heteroatoms. The van der Waals surface area contributed by atoms with Gasteiger partial charge in [0.25, 0.3) is 0 Å². The molecule has 0 radical (unpaired) electrons. The third-order valence-electron chi connectivity index (χ3n) is 2.03. The number of benzene rings is 1. The SMILES string of the molecule is FCCNc1nnc(Cl)c2ccccc12. The molecule has 3 nitrogen and oxygen atoms in total. The summed E-state index contributed by atoms with van der Waals surface area (Å²) in [5, 5.41) is 12.6. The van der Waals surface area contributed by atoms with Crippen molar-refractivity contribution in [1.82, 2.24) is 10.2 Å². The van der Waals surface area contributed by atoms with Crippen LogP contribution in [0.5, 0.6) is 0 Å². The van der Waals surface area contributed by atoms with Crippen LogP contribution >= 0.6 is 11.6 Å². The first kappa shape index (κ1) is 10.1. The summed E-state index contributed by atoms with van der Waals surface area (Å²) in [4.78, 5) is 0. The number of halogens is 2. The van der Waals surface area contributed by atoms with E-state index in [-0.39, 0.29) is 6.54 Å². The highest BCUT2D eigenvalue weighted by Gasteiger charge is 2.05. The minimum Gasteiger partial charge on any atom is -0.365 e. The molecule has 0 aliphatic heterocycles. The molecule has 0 saturated carbocycles. The van der Waals surface area contributed by atoms with Crippen molar-refractivity contribution in [1.29, 1.82) is 0 Å². The average Bonchev–Trinajstić information content (AvgIpc) is 2.29. The highest BCUT2D eigenvalue weighted by molar-refractivity contribution is 6.34. The Balaban J connectivity index is 2.51. The molecule has 15 heavy (non-hydrogen) atoms. The molecule has 0 unspecified atom stereocenters. The van der Waals surface area contributed by atoms with E-state index in [1.807, 2.05) is 24.3 Å². The van der Waals surface area contributed by atoms with Crippen molar-refractivity contribution in [2.24, 2.45) is 0 Å². The molecule has 0 amide bonds. The molecule has 0 fully saturated rings. The van der Waals surface area contributed by atoms with Crippen LogP contribution in [-0.2, 0) is 0 Å². The first-order valence-electron chi connectivity index (χ1n) is 4.53. The second-order valence-corrected chi connectivity index (χ2v) is 3.36. The molecular weight excluding hydrogens is 217 g/mol. The second kappa shape index (κ2) is 4.40. The molecule has 0 bridgehead atoms. The number of hydrogen-bond donors (Lipinski definition) is 1. The number of nitrogens with one attached hydrogen (secondary N) is 1. The van der Waals surface area contributed by atoms with E-state index >= 15 is 0 Å². The van der Waals surface area contributed by atoms with E-state index in [0.29, 0.717) is 11.0 Å². The largest absolute Gasteiger partial charge is 0.365 e. The van der Waals surface area contributed by atoms with Gasteiger partial charge in [-0.25, -0.2) is 4.39 Å². The van der Waals surface area contributed by atoms with Crippen molar-refractivity contribution < 1.29 is 4.39 Å². The third kappa shape index (κ3) is 1.99. The predicted octanol–water partition coefficient (Wildman–Crippen LogP) is 2.66. The first-order chi connectivity index (χ1) is 7.33. The van der Waals surface area contributed by atoms with E-state index in [4.69, 9.17) is 11.6 Å². The van der Waals surface area contributed by atoms with Crippen LogP contribution in [0.25, 0.3) is 10.8 Å². The Morgan fingerprint density at radius 3 is 2.67 bits per heavy atom. The Morgan fingerprint density at radius 1 is 1.20 bits per heavy atom. The van der Waals surface area contributed by atoms with E-state index < -0.39 is 6.67 Å². The van der Waals surface area contributed by atoms with Crippen molar-refractivity contribution in [3.8, 4) is 0 Å². The predicted molar refractivity (Wildman–Crippen MR) is 59.0 cm³/mol. The molecule has 0 spiro atoms. The van der Waals surface area contributed by atoms with Gasteiger partial charge in [-0.1, -0.05) is 35.9 Å². The molecule has 2 rings (SSSR count). The van der Waals surface area contributed by atoms with Gasteiger partial charge in [-0.3, -0.25) is 0 Å². The van der Waals surface area contributed by atoms with Gasteiger partial charge in [0.15, 0.2) is 11.0 Å². The zero-order chi connectivity index (χ0) is 10.7. The van der Waals surface area contributed by atoms with Gasteiger partial charge in [0.2, 0.25) is 0 Å². The van der Waals surface area contributed by atoms with E-state index in [1.54, 1.807) is 0 Å². The third-order valence-corrected chi connectivity index (χ3v) is 2.31. The van der Waals surface area contributed by atoms with Gasteiger partial charge in [-0.2, -0.15) is 0 Å². The van der Waals surface area contributed by atoms with E-state index in [2.05, 4.69) is 15.5 Å². The zero-order valence-electron chi connectivity index (χ0n) is 7.87. The number of aromatic nitrogens is 2. The van der Waals surface area contributed by atoms with Gasteiger partial charge in [0.1, 0.15) is 6.67 Å². The lowest BCUT2D eigenvalue weighted by Gasteiger charge is -2.06. The summed E-state index contributed by atoms with van der Waals surface area (Å²) in [7, 11) is 0. The monoisotopic (exact) mass is 225 g/mol. The summed E-state index contributed by atoms with van der Waals surface area (Å²) >= 11 is 5.89. The lowest BCUT2D eigenvalue weighted by atomic mass is 10.2. The number of anilines is 1. The van der Waals surface area contributed by atoms with Crippen LogP contribution in [-0.4, -0.2) is 23.4 Å². The minimum absolute atomic E-state index is 0.223. The molecule has 0 aliphatic carbocycles. The van der Waals surface area contributed by atoms with Gasteiger partial charge in [0, 0.05) is 17.3 Å². The number of alkyl halides is 1. The molecule has 78 valence electrons. The summed E-state index contributed by atoms with van der Waals surface area (Å²) in [5.41, 5.74) is 0. The highest BCUT2D eigenvalue weighted by atomic mass is 35.5. The molecule has 2 aromatic rings. The first-order valence-corrected chi connectivity index (χ1v) is 4.91. The van der Waals surface area contributed by atoms with E-state index in [0.717, 1.165) is 10.8 Å². The Kier molecular flexibility index (Phi) is 2.97. The van der Waals surface area contributed by atoms with Gasteiger partial charge >= 0.3 is 0 Å². The van der Waals surface area contributed by atoms with Gasteiger partial charge in [-0.05, 0) is 0 Å². The zero-order valence-corrected chi connectivity index (χ0v) is 8.63. The maximum atomic E-state index is 12.0. The van der Waals surface area contributed by atoms with Crippen molar-refractivity contribution in [3.63, 3.8) is 0 Å². The molecule has 1 aromatic carbocycles. The van der Waals surface area contributed by atoms with Crippen molar-refractivity contribution >= 4 is 28.2 Å². The fourth-order valence-electron chi connectivity index (χ4n) is 1.37. The van der Waals surface area contributed by atoms with Gasteiger partial charge < -0.3 is 5.32 Å².